The summed E-state index contributed by atoms with van der Waals surface area (Å²) >= 11 is 0. The number of nitrogens with one attached hydrogen (secondary N) is 2. The molecule has 0 spiro atoms. The number of hydrogen-bond acceptors (Lipinski definition) is 6. The van der Waals surface area contributed by atoms with Gasteiger partial charge in [-0.15, -0.1) is 0 Å². The molecule has 0 aromatic carbocycles. The van der Waals surface area contributed by atoms with Crippen molar-refractivity contribution in [3.05, 3.63) is 11.7 Å². The summed E-state index contributed by atoms with van der Waals surface area (Å²) < 4.78 is 6.01. The zero-order chi connectivity index (χ0) is 14.4. The molecule has 0 aliphatic carbocycles. The lowest BCUT2D eigenvalue weighted by atomic mass is 10.2. The first-order valence-corrected chi connectivity index (χ1v) is 7.46. The average Bonchev–Trinajstić information content (AvgIpc) is 2.61. The van der Waals surface area contributed by atoms with E-state index in [1.807, 2.05) is 20.2 Å². The fourth-order valence-electron chi connectivity index (χ4n) is 2.40. The van der Waals surface area contributed by atoms with E-state index in [9.17, 15) is 0 Å². The molecule has 6 nitrogen and oxygen atoms in total. The van der Waals surface area contributed by atoms with Gasteiger partial charge in [-0.25, -0.2) is 4.99 Å². The van der Waals surface area contributed by atoms with Gasteiger partial charge in [0.25, 0.3) is 0 Å². The van der Waals surface area contributed by atoms with Gasteiger partial charge in [-0.3, -0.25) is 0 Å². The first-order chi connectivity index (χ1) is 9.74. The fraction of sp³-hybridized carbons (Fsp3) is 0.786. The zero-order valence-corrected chi connectivity index (χ0v) is 12.9. The van der Waals surface area contributed by atoms with E-state index in [1.54, 1.807) is 0 Å². The molecule has 2 heterocycles. The van der Waals surface area contributed by atoms with Crippen molar-refractivity contribution in [1.29, 1.82) is 0 Å². The van der Waals surface area contributed by atoms with Crippen LogP contribution in [-0.2, 0) is 4.74 Å². The van der Waals surface area contributed by atoms with Gasteiger partial charge in [0.2, 0.25) is 5.88 Å². The predicted molar refractivity (Wildman–Crippen MR) is 81.7 cm³/mol. The maximum atomic E-state index is 6.01. The molecule has 0 amide bonds. The summed E-state index contributed by atoms with van der Waals surface area (Å²) in [4.78, 5) is 9.24. The minimum absolute atomic E-state index is 0.258. The van der Waals surface area contributed by atoms with Crippen molar-refractivity contribution in [2.45, 2.75) is 19.4 Å². The molecule has 114 valence electrons. The SMILES string of the molecule is C/C=N\C(=C(/NC)OC1CNC1)N1CCCN(C)CC1. The Morgan fingerprint density at radius 1 is 1.30 bits per heavy atom. The molecule has 2 saturated heterocycles. The van der Waals surface area contributed by atoms with Crippen LogP contribution in [0.25, 0.3) is 0 Å². The number of likely N-dealkylation sites (N-methyl/N-ethyl adjacent to an activating group) is 1. The maximum absolute atomic E-state index is 6.01. The third-order valence-electron chi connectivity index (χ3n) is 3.73. The number of aliphatic imine (C=N–C) groups is 1. The van der Waals surface area contributed by atoms with Crippen LogP contribution in [0.2, 0.25) is 0 Å². The third kappa shape index (κ3) is 3.86. The van der Waals surface area contributed by atoms with Gasteiger partial charge in [0.1, 0.15) is 6.10 Å². The summed E-state index contributed by atoms with van der Waals surface area (Å²) in [6.07, 6.45) is 3.25. The summed E-state index contributed by atoms with van der Waals surface area (Å²) in [5.74, 6) is 1.72. The Hall–Kier alpha value is -1.27. The number of nitrogens with zero attached hydrogens (tertiary/aromatic N) is 3. The smallest absolute Gasteiger partial charge is 0.231 e. The topological polar surface area (TPSA) is 52.1 Å². The molecule has 0 unspecified atom stereocenters. The molecule has 2 aliphatic heterocycles. The van der Waals surface area contributed by atoms with Gasteiger partial charge < -0.3 is 25.2 Å². The van der Waals surface area contributed by atoms with Crippen LogP contribution in [0, 0.1) is 0 Å². The second kappa shape index (κ2) is 7.50. The van der Waals surface area contributed by atoms with Crippen LogP contribution in [0.1, 0.15) is 13.3 Å². The van der Waals surface area contributed by atoms with E-state index in [0.29, 0.717) is 0 Å². The fourth-order valence-corrected chi connectivity index (χ4v) is 2.40. The monoisotopic (exact) mass is 281 g/mol. The van der Waals surface area contributed by atoms with E-state index in [0.717, 1.165) is 57.4 Å². The van der Waals surface area contributed by atoms with Crippen molar-refractivity contribution >= 4 is 6.21 Å². The van der Waals surface area contributed by atoms with E-state index in [2.05, 4.69) is 32.5 Å². The Morgan fingerprint density at radius 2 is 2.10 bits per heavy atom. The van der Waals surface area contributed by atoms with Gasteiger partial charge in [0.05, 0.1) is 0 Å². The van der Waals surface area contributed by atoms with Crippen LogP contribution in [-0.4, -0.2) is 75.5 Å². The number of rotatable bonds is 5. The lowest BCUT2D eigenvalue weighted by Crippen LogP contribution is -2.49. The second-order valence-corrected chi connectivity index (χ2v) is 5.33. The summed E-state index contributed by atoms with van der Waals surface area (Å²) in [7, 11) is 4.07. The highest BCUT2D eigenvalue weighted by Crippen LogP contribution is 2.16. The van der Waals surface area contributed by atoms with Gasteiger partial charge in [-0.2, -0.15) is 0 Å². The Morgan fingerprint density at radius 3 is 2.70 bits per heavy atom. The molecule has 20 heavy (non-hydrogen) atoms. The molecule has 2 rings (SSSR count). The van der Waals surface area contributed by atoms with Crippen molar-refractivity contribution in [2.75, 3.05) is 53.4 Å². The van der Waals surface area contributed by atoms with Crippen LogP contribution in [0.4, 0.5) is 0 Å². The van der Waals surface area contributed by atoms with Crippen LogP contribution in [0.3, 0.4) is 0 Å². The molecule has 0 atom stereocenters. The van der Waals surface area contributed by atoms with E-state index in [-0.39, 0.29) is 6.10 Å². The highest BCUT2D eigenvalue weighted by atomic mass is 16.5. The molecular formula is C14H27N5O. The summed E-state index contributed by atoms with van der Waals surface area (Å²) in [6.45, 7) is 7.98. The molecule has 6 heteroatoms. The van der Waals surface area contributed by atoms with Crippen molar-refractivity contribution in [1.82, 2.24) is 20.4 Å². The average molecular weight is 281 g/mol. The van der Waals surface area contributed by atoms with Crippen molar-refractivity contribution < 1.29 is 4.74 Å². The van der Waals surface area contributed by atoms with Gasteiger partial charge in [-0.05, 0) is 26.9 Å². The quantitative estimate of drug-likeness (QED) is 0.551. The van der Waals surface area contributed by atoms with Crippen molar-refractivity contribution in [3.8, 4) is 0 Å². The van der Waals surface area contributed by atoms with Gasteiger partial charge in [0.15, 0.2) is 5.82 Å². The molecule has 2 N–H and O–H groups in total. The lowest BCUT2D eigenvalue weighted by molar-refractivity contribution is 0.0548. The van der Waals surface area contributed by atoms with Crippen LogP contribution >= 0.6 is 0 Å². The summed E-state index contributed by atoms with van der Waals surface area (Å²) in [5, 5.41) is 6.40. The second-order valence-electron chi connectivity index (χ2n) is 5.33. The molecule has 0 aromatic rings. The number of hydrogen-bond donors (Lipinski definition) is 2. The van der Waals surface area contributed by atoms with Crippen LogP contribution < -0.4 is 10.6 Å². The van der Waals surface area contributed by atoms with E-state index in [1.165, 1.54) is 0 Å². The standard InChI is InChI=1S/C14H27N5O/c1-4-17-13(14(15-2)20-12-10-16-11-12)19-7-5-6-18(3)8-9-19/h4,12,15-16H,5-11H2,1-3H3/b14-13-,17-4-. The maximum Gasteiger partial charge on any atom is 0.231 e. The summed E-state index contributed by atoms with van der Waals surface area (Å²) in [6, 6.07) is 0. The van der Waals surface area contributed by atoms with Crippen LogP contribution in [0.15, 0.2) is 16.7 Å². The van der Waals surface area contributed by atoms with Crippen molar-refractivity contribution in [2.24, 2.45) is 4.99 Å². The Kier molecular flexibility index (Phi) is 5.67. The first kappa shape index (κ1) is 15.1. The first-order valence-electron chi connectivity index (χ1n) is 7.46. The lowest BCUT2D eigenvalue weighted by Gasteiger charge is -2.31. The van der Waals surface area contributed by atoms with Gasteiger partial charge >= 0.3 is 0 Å². The van der Waals surface area contributed by atoms with Crippen LogP contribution in [0.5, 0.6) is 0 Å². The molecule has 0 radical (unpaired) electrons. The molecule has 2 fully saturated rings. The Balaban J connectivity index is 2.13. The van der Waals surface area contributed by atoms with Gasteiger partial charge in [-0.1, -0.05) is 0 Å². The van der Waals surface area contributed by atoms with E-state index in [4.69, 9.17) is 4.74 Å². The zero-order valence-electron chi connectivity index (χ0n) is 12.9. The largest absolute Gasteiger partial charge is 0.471 e. The Bertz CT molecular complexity index is 365. The minimum atomic E-state index is 0.258. The minimum Gasteiger partial charge on any atom is -0.471 e. The molecule has 0 aromatic heterocycles. The molecule has 0 saturated carbocycles. The molecule has 0 bridgehead atoms. The van der Waals surface area contributed by atoms with Crippen molar-refractivity contribution in [3.63, 3.8) is 0 Å². The highest BCUT2D eigenvalue weighted by molar-refractivity contribution is 5.55. The van der Waals surface area contributed by atoms with Gasteiger partial charge in [0, 0.05) is 46.0 Å². The normalized spacial score (nSPS) is 23.2. The van der Waals surface area contributed by atoms with E-state index >= 15 is 0 Å². The number of ether oxygens (including phenoxy) is 1. The predicted octanol–water partition coefficient (Wildman–Crippen LogP) is 0.0490. The molecular weight excluding hydrogens is 254 g/mol. The summed E-state index contributed by atoms with van der Waals surface area (Å²) in [5.41, 5.74) is 0. The van der Waals surface area contributed by atoms with E-state index < -0.39 is 0 Å². The Labute approximate surface area is 121 Å². The molecule has 2 aliphatic rings. The third-order valence-corrected chi connectivity index (χ3v) is 3.73. The highest BCUT2D eigenvalue weighted by Gasteiger charge is 2.23.